The average molecular weight is 306 g/mol. The van der Waals surface area contributed by atoms with Gasteiger partial charge < -0.3 is 11.1 Å². The van der Waals surface area contributed by atoms with Gasteiger partial charge in [-0.25, -0.2) is 4.98 Å². The summed E-state index contributed by atoms with van der Waals surface area (Å²) in [6, 6.07) is 5.13. The van der Waals surface area contributed by atoms with Crippen LogP contribution in [0.25, 0.3) is 0 Å². The fourth-order valence-electron chi connectivity index (χ4n) is 1.57. The molecule has 0 aliphatic heterocycles. The minimum atomic E-state index is -0.219. The zero-order valence-corrected chi connectivity index (χ0v) is 12.3. The van der Waals surface area contributed by atoms with Gasteiger partial charge in [0.05, 0.1) is 23.4 Å². The second kappa shape index (κ2) is 6.53. The van der Waals surface area contributed by atoms with E-state index in [9.17, 15) is 4.79 Å². The van der Waals surface area contributed by atoms with Crippen LogP contribution in [0.4, 0.5) is 5.69 Å². The molecule has 0 radical (unpaired) electrons. The van der Waals surface area contributed by atoms with E-state index in [0.29, 0.717) is 26.8 Å². The van der Waals surface area contributed by atoms with Crippen LogP contribution in [0.1, 0.15) is 20.9 Å². The molecule has 0 bridgehead atoms. The molecule has 4 nitrogen and oxygen atoms in total. The van der Waals surface area contributed by atoms with Crippen LogP contribution in [-0.2, 0) is 0 Å². The van der Waals surface area contributed by atoms with Gasteiger partial charge >= 0.3 is 0 Å². The number of aromatic nitrogens is 1. The quantitative estimate of drug-likeness (QED) is 0.838. The Labute approximate surface area is 126 Å². The highest BCUT2D eigenvalue weighted by molar-refractivity contribution is 7.12. The van der Waals surface area contributed by atoms with Crippen molar-refractivity contribution in [1.29, 1.82) is 0 Å². The number of nitrogens with zero attached hydrogens (tertiary/aromatic N) is 1. The topological polar surface area (TPSA) is 68.0 Å². The first kappa shape index (κ1) is 14.5. The summed E-state index contributed by atoms with van der Waals surface area (Å²) in [5, 5.41) is 3.33. The fraction of sp³-hybridized carbons (Fsp3) is 0.143. The Bertz CT molecular complexity index is 700. The molecule has 0 saturated heterocycles. The van der Waals surface area contributed by atoms with E-state index in [1.165, 1.54) is 11.3 Å². The smallest absolute Gasteiger partial charge is 0.267 e. The molecule has 0 unspecified atom stereocenters. The first-order chi connectivity index (χ1) is 9.61. The Balaban J connectivity index is 2.31. The highest BCUT2D eigenvalue weighted by atomic mass is 35.5. The highest BCUT2D eigenvalue weighted by Crippen LogP contribution is 2.22. The van der Waals surface area contributed by atoms with Gasteiger partial charge in [0.1, 0.15) is 4.88 Å². The number of carbonyl (C=O) groups is 1. The molecule has 0 aliphatic rings. The number of halogens is 1. The molecular weight excluding hydrogens is 294 g/mol. The van der Waals surface area contributed by atoms with Gasteiger partial charge in [-0.15, -0.1) is 11.3 Å². The van der Waals surface area contributed by atoms with Crippen LogP contribution in [0.2, 0.25) is 5.02 Å². The molecule has 0 saturated carbocycles. The number of nitrogens with two attached hydrogens (primary N) is 1. The predicted molar refractivity (Wildman–Crippen MR) is 82.2 cm³/mol. The van der Waals surface area contributed by atoms with Crippen molar-refractivity contribution in [2.24, 2.45) is 5.73 Å². The lowest BCUT2D eigenvalue weighted by molar-refractivity contribution is 0.103. The maximum atomic E-state index is 12.2. The third-order valence-electron chi connectivity index (χ3n) is 2.51. The minimum Gasteiger partial charge on any atom is -0.320 e. The lowest BCUT2D eigenvalue weighted by Crippen LogP contribution is -2.12. The number of aryl methyl sites for hydroxylation is 1. The second-order valence-corrected chi connectivity index (χ2v) is 5.21. The summed E-state index contributed by atoms with van der Waals surface area (Å²) in [7, 11) is 0. The van der Waals surface area contributed by atoms with Gasteiger partial charge in [-0.05, 0) is 25.1 Å². The van der Waals surface area contributed by atoms with Crippen LogP contribution < -0.4 is 11.1 Å². The Morgan fingerprint density at radius 1 is 1.55 bits per heavy atom. The van der Waals surface area contributed by atoms with Crippen molar-refractivity contribution >= 4 is 34.5 Å². The van der Waals surface area contributed by atoms with Crippen LogP contribution in [0.5, 0.6) is 0 Å². The van der Waals surface area contributed by atoms with Crippen molar-refractivity contribution in [2.75, 3.05) is 11.9 Å². The third-order valence-corrected chi connectivity index (χ3v) is 3.67. The summed E-state index contributed by atoms with van der Waals surface area (Å²) in [4.78, 5) is 16.8. The number of thiazole rings is 1. The first-order valence-electron chi connectivity index (χ1n) is 5.81. The van der Waals surface area contributed by atoms with Crippen molar-refractivity contribution in [3.63, 3.8) is 0 Å². The largest absolute Gasteiger partial charge is 0.320 e. The second-order valence-electron chi connectivity index (χ2n) is 3.92. The number of amides is 1. The molecule has 0 atom stereocenters. The number of anilines is 1. The number of hydrogen-bond donors (Lipinski definition) is 2. The SMILES string of the molecule is Cc1ncsc1C(=O)Nc1cc(Cl)ccc1C#CCN. The van der Waals surface area contributed by atoms with Gasteiger partial charge in [0.2, 0.25) is 0 Å². The summed E-state index contributed by atoms with van der Waals surface area (Å²) < 4.78 is 0. The first-order valence-corrected chi connectivity index (χ1v) is 7.07. The van der Waals surface area contributed by atoms with Crippen LogP contribution in [-0.4, -0.2) is 17.4 Å². The number of nitrogens with one attached hydrogen (secondary N) is 1. The van der Waals surface area contributed by atoms with Crippen molar-refractivity contribution < 1.29 is 4.79 Å². The van der Waals surface area contributed by atoms with Gasteiger partial charge in [0.15, 0.2) is 0 Å². The molecule has 0 aliphatic carbocycles. The molecule has 0 fully saturated rings. The van der Waals surface area contributed by atoms with Crippen LogP contribution in [0.15, 0.2) is 23.7 Å². The van der Waals surface area contributed by atoms with E-state index >= 15 is 0 Å². The Kier molecular flexibility index (Phi) is 4.74. The maximum Gasteiger partial charge on any atom is 0.267 e. The normalized spacial score (nSPS) is 9.75. The standard InChI is InChI=1S/C14H12ClN3OS/c1-9-13(20-8-17-9)14(19)18-12-7-11(15)5-4-10(12)3-2-6-16/h4-5,7-8H,6,16H2,1H3,(H,18,19). The van der Waals surface area contributed by atoms with Crippen LogP contribution in [0.3, 0.4) is 0 Å². The van der Waals surface area contributed by atoms with E-state index < -0.39 is 0 Å². The molecule has 6 heteroatoms. The molecule has 3 N–H and O–H groups in total. The Morgan fingerprint density at radius 2 is 2.35 bits per heavy atom. The molecule has 0 spiro atoms. The third kappa shape index (κ3) is 3.36. The summed E-state index contributed by atoms with van der Waals surface area (Å²) in [5.41, 5.74) is 8.94. The zero-order valence-electron chi connectivity index (χ0n) is 10.7. The maximum absolute atomic E-state index is 12.2. The predicted octanol–water partition coefficient (Wildman–Crippen LogP) is 2.67. The molecule has 1 aromatic heterocycles. The molecule has 1 amide bonds. The Hall–Kier alpha value is -1.87. The van der Waals surface area contributed by atoms with Gasteiger partial charge in [0.25, 0.3) is 5.91 Å². The summed E-state index contributed by atoms with van der Waals surface area (Å²) >= 11 is 7.25. The van der Waals surface area contributed by atoms with E-state index in [2.05, 4.69) is 22.1 Å². The van der Waals surface area contributed by atoms with Gasteiger partial charge in [0, 0.05) is 10.6 Å². The molecule has 2 aromatic rings. The van der Waals surface area contributed by atoms with Crippen molar-refractivity contribution in [1.82, 2.24) is 4.98 Å². The van der Waals surface area contributed by atoms with E-state index in [0.717, 1.165) is 0 Å². The van der Waals surface area contributed by atoms with Gasteiger partial charge in [-0.2, -0.15) is 0 Å². The zero-order chi connectivity index (χ0) is 14.5. The number of carbonyl (C=O) groups excluding carboxylic acids is 1. The molecular formula is C14H12ClN3OS. The Morgan fingerprint density at radius 3 is 3.00 bits per heavy atom. The van der Waals surface area contributed by atoms with E-state index in [4.69, 9.17) is 17.3 Å². The average Bonchev–Trinajstić information content (AvgIpc) is 2.84. The number of hydrogen-bond acceptors (Lipinski definition) is 4. The summed E-state index contributed by atoms with van der Waals surface area (Å²) in [5.74, 6) is 5.44. The molecule has 1 heterocycles. The number of rotatable bonds is 2. The molecule has 102 valence electrons. The molecule has 20 heavy (non-hydrogen) atoms. The van der Waals surface area contributed by atoms with E-state index in [1.807, 2.05) is 0 Å². The van der Waals surface area contributed by atoms with Crippen molar-refractivity contribution in [2.45, 2.75) is 6.92 Å². The van der Waals surface area contributed by atoms with E-state index in [1.54, 1.807) is 30.6 Å². The van der Waals surface area contributed by atoms with Crippen LogP contribution >= 0.6 is 22.9 Å². The number of benzene rings is 1. The monoisotopic (exact) mass is 305 g/mol. The van der Waals surface area contributed by atoms with Crippen molar-refractivity contribution in [3.8, 4) is 11.8 Å². The van der Waals surface area contributed by atoms with Crippen molar-refractivity contribution in [3.05, 3.63) is 44.9 Å². The summed E-state index contributed by atoms with van der Waals surface area (Å²) in [6.07, 6.45) is 0. The molecule has 2 rings (SSSR count). The van der Waals surface area contributed by atoms with E-state index in [-0.39, 0.29) is 12.5 Å². The minimum absolute atomic E-state index is 0.219. The van der Waals surface area contributed by atoms with Crippen LogP contribution in [0, 0.1) is 18.8 Å². The van der Waals surface area contributed by atoms with Gasteiger partial charge in [-0.1, -0.05) is 23.4 Å². The fourth-order valence-corrected chi connectivity index (χ4v) is 2.44. The highest BCUT2D eigenvalue weighted by Gasteiger charge is 2.13. The molecule has 1 aromatic carbocycles. The van der Waals surface area contributed by atoms with Gasteiger partial charge in [-0.3, -0.25) is 4.79 Å². The lowest BCUT2D eigenvalue weighted by atomic mass is 10.1. The summed E-state index contributed by atoms with van der Waals surface area (Å²) in [6.45, 7) is 2.04. The lowest BCUT2D eigenvalue weighted by Gasteiger charge is -2.07.